The van der Waals surface area contributed by atoms with Crippen molar-refractivity contribution in [2.75, 3.05) is 26.9 Å². The predicted octanol–water partition coefficient (Wildman–Crippen LogP) is 1.88. The van der Waals surface area contributed by atoms with Crippen LogP contribution in [0.4, 0.5) is 0 Å². The molecule has 2 rings (SSSR count). The highest BCUT2D eigenvalue weighted by atomic mass is 32.1. The van der Waals surface area contributed by atoms with Gasteiger partial charge >= 0.3 is 0 Å². The zero-order chi connectivity index (χ0) is 10.7. The van der Waals surface area contributed by atoms with Crippen LogP contribution in [0.25, 0.3) is 0 Å². The monoisotopic (exact) mass is 227 g/mol. The van der Waals surface area contributed by atoms with Gasteiger partial charge in [0, 0.05) is 23.4 Å². The Labute approximate surface area is 94.4 Å². The fourth-order valence-corrected chi connectivity index (χ4v) is 2.39. The van der Waals surface area contributed by atoms with E-state index in [0.717, 1.165) is 31.4 Å². The van der Waals surface area contributed by atoms with Gasteiger partial charge in [0.15, 0.2) is 5.06 Å². The van der Waals surface area contributed by atoms with Crippen molar-refractivity contribution in [2.45, 2.75) is 13.5 Å². The zero-order valence-corrected chi connectivity index (χ0v) is 10.0. The van der Waals surface area contributed by atoms with E-state index < -0.39 is 0 Å². The summed E-state index contributed by atoms with van der Waals surface area (Å²) in [6.07, 6.45) is 0. The molecule has 3 nitrogen and oxygen atoms in total. The van der Waals surface area contributed by atoms with E-state index in [2.05, 4.69) is 18.3 Å². The van der Waals surface area contributed by atoms with Crippen LogP contribution in [0.5, 0.6) is 5.06 Å². The number of methoxy groups -OCH3 is 1. The van der Waals surface area contributed by atoms with Gasteiger partial charge < -0.3 is 14.8 Å². The summed E-state index contributed by atoms with van der Waals surface area (Å²) in [4.78, 5) is 1.32. The lowest BCUT2D eigenvalue weighted by Crippen LogP contribution is -2.47. The zero-order valence-electron chi connectivity index (χ0n) is 9.21. The molecule has 0 bridgehead atoms. The maximum absolute atomic E-state index is 5.20. The van der Waals surface area contributed by atoms with Crippen molar-refractivity contribution in [1.29, 1.82) is 0 Å². The standard InChI is InChI=1S/C11H17NO2S/c1-11(7-14-8-11)6-12-5-9-3-4-10(13-2)15-9/h3-4,12H,5-8H2,1-2H3. The number of nitrogens with one attached hydrogen (secondary N) is 1. The molecular formula is C11H17NO2S. The van der Waals surface area contributed by atoms with E-state index in [-0.39, 0.29) is 0 Å². The van der Waals surface area contributed by atoms with Crippen molar-refractivity contribution in [1.82, 2.24) is 5.32 Å². The van der Waals surface area contributed by atoms with Gasteiger partial charge in [-0.2, -0.15) is 0 Å². The second-order valence-corrected chi connectivity index (χ2v) is 5.46. The topological polar surface area (TPSA) is 30.5 Å². The van der Waals surface area contributed by atoms with Gasteiger partial charge in [-0.15, -0.1) is 11.3 Å². The van der Waals surface area contributed by atoms with Gasteiger partial charge in [0.2, 0.25) is 0 Å². The van der Waals surface area contributed by atoms with Crippen LogP contribution in [-0.2, 0) is 11.3 Å². The van der Waals surface area contributed by atoms with E-state index in [0.29, 0.717) is 5.41 Å². The van der Waals surface area contributed by atoms with Crippen LogP contribution < -0.4 is 10.1 Å². The van der Waals surface area contributed by atoms with E-state index >= 15 is 0 Å². The summed E-state index contributed by atoms with van der Waals surface area (Å²) in [6, 6.07) is 4.12. The van der Waals surface area contributed by atoms with Crippen LogP contribution >= 0.6 is 11.3 Å². The number of rotatable bonds is 5. The minimum atomic E-state index is 0.349. The molecule has 1 aliphatic rings. The molecule has 84 valence electrons. The van der Waals surface area contributed by atoms with Gasteiger partial charge in [-0.3, -0.25) is 0 Å². The Bertz CT molecular complexity index is 320. The molecule has 1 fully saturated rings. The molecule has 1 aromatic heterocycles. The van der Waals surface area contributed by atoms with E-state index in [1.54, 1.807) is 18.4 Å². The van der Waals surface area contributed by atoms with Crippen molar-refractivity contribution in [3.8, 4) is 5.06 Å². The average Bonchev–Trinajstić information content (AvgIpc) is 2.63. The number of hydrogen-bond acceptors (Lipinski definition) is 4. The normalized spacial score (nSPS) is 18.5. The highest BCUT2D eigenvalue weighted by molar-refractivity contribution is 7.13. The maximum atomic E-state index is 5.20. The van der Waals surface area contributed by atoms with Crippen LogP contribution in [0.2, 0.25) is 0 Å². The summed E-state index contributed by atoms with van der Waals surface area (Å²) < 4.78 is 10.3. The molecule has 0 aliphatic carbocycles. The molecule has 1 aliphatic heterocycles. The minimum Gasteiger partial charge on any atom is -0.487 e. The minimum absolute atomic E-state index is 0.349. The van der Waals surface area contributed by atoms with Crippen molar-refractivity contribution in [3.63, 3.8) is 0 Å². The van der Waals surface area contributed by atoms with E-state index in [1.165, 1.54) is 4.88 Å². The fourth-order valence-electron chi connectivity index (χ4n) is 1.60. The Hall–Kier alpha value is -0.580. The molecule has 0 unspecified atom stereocenters. The quantitative estimate of drug-likeness (QED) is 0.833. The molecule has 1 saturated heterocycles. The molecule has 1 aromatic rings. The molecule has 0 atom stereocenters. The Kier molecular flexibility index (Phi) is 3.29. The lowest BCUT2D eigenvalue weighted by molar-refractivity contribution is -0.0991. The summed E-state index contributed by atoms with van der Waals surface area (Å²) in [6.45, 7) is 5.96. The Morgan fingerprint density at radius 2 is 2.33 bits per heavy atom. The summed E-state index contributed by atoms with van der Waals surface area (Å²) >= 11 is 1.69. The molecule has 0 amide bonds. The van der Waals surface area contributed by atoms with Gasteiger partial charge in [-0.1, -0.05) is 6.92 Å². The molecule has 0 radical (unpaired) electrons. The van der Waals surface area contributed by atoms with Gasteiger partial charge in [-0.05, 0) is 12.1 Å². The van der Waals surface area contributed by atoms with E-state index in [1.807, 2.05) is 6.07 Å². The van der Waals surface area contributed by atoms with Gasteiger partial charge in [0.05, 0.1) is 20.3 Å². The maximum Gasteiger partial charge on any atom is 0.173 e. The van der Waals surface area contributed by atoms with Crippen LogP contribution in [0, 0.1) is 5.41 Å². The third-order valence-corrected chi connectivity index (χ3v) is 3.64. The largest absolute Gasteiger partial charge is 0.487 e. The second kappa shape index (κ2) is 4.51. The summed E-state index contributed by atoms with van der Waals surface area (Å²) in [5.41, 5.74) is 0.349. The molecule has 15 heavy (non-hydrogen) atoms. The fraction of sp³-hybridized carbons (Fsp3) is 0.636. The van der Waals surface area contributed by atoms with Crippen LogP contribution in [0.1, 0.15) is 11.8 Å². The highest BCUT2D eigenvalue weighted by Crippen LogP contribution is 2.26. The average molecular weight is 227 g/mol. The number of hydrogen-bond donors (Lipinski definition) is 1. The third-order valence-electron chi connectivity index (χ3n) is 2.59. The van der Waals surface area contributed by atoms with Crippen molar-refractivity contribution in [3.05, 3.63) is 17.0 Å². The Balaban J connectivity index is 1.73. The van der Waals surface area contributed by atoms with Crippen molar-refractivity contribution < 1.29 is 9.47 Å². The molecule has 0 spiro atoms. The first-order valence-electron chi connectivity index (χ1n) is 5.13. The lowest BCUT2D eigenvalue weighted by Gasteiger charge is -2.38. The first-order valence-corrected chi connectivity index (χ1v) is 5.95. The van der Waals surface area contributed by atoms with Crippen molar-refractivity contribution in [2.24, 2.45) is 5.41 Å². The van der Waals surface area contributed by atoms with Crippen LogP contribution in [0.3, 0.4) is 0 Å². The molecule has 4 heteroatoms. The van der Waals surface area contributed by atoms with Gasteiger partial charge in [0.25, 0.3) is 0 Å². The van der Waals surface area contributed by atoms with Crippen LogP contribution in [0.15, 0.2) is 12.1 Å². The first-order chi connectivity index (χ1) is 7.22. The highest BCUT2D eigenvalue weighted by Gasteiger charge is 2.32. The molecular weight excluding hydrogens is 210 g/mol. The smallest absolute Gasteiger partial charge is 0.173 e. The SMILES string of the molecule is COc1ccc(CNCC2(C)COC2)s1. The molecule has 1 N–H and O–H groups in total. The number of thiophene rings is 1. The van der Waals surface area contributed by atoms with Gasteiger partial charge in [-0.25, -0.2) is 0 Å². The second-order valence-electron chi connectivity index (χ2n) is 4.33. The Morgan fingerprint density at radius 3 is 2.87 bits per heavy atom. The molecule has 2 heterocycles. The van der Waals surface area contributed by atoms with Gasteiger partial charge in [0.1, 0.15) is 0 Å². The molecule has 0 saturated carbocycles. The third kappa shape index (κ3) is 2.71. The van der Waals surface area contributed by atoms with Crippen molar-refractivity contribution >= 4 is 11.3 Å². The van der Waals surface area contributed by atoms with E-state index in [9.17, 15) is 0 Å². The van der Waals surface area contributed by atoms with E-state index in [4.69, 9.17) is 9.47 Å². The lowest BCUT2D eigenvalue weighted by atomic mass is 9.89. The number of ether oxygens (including phenoxy) is 2. The summed E-state index contributed by atoms with van der Waals surface area (Å²) in [5, 5.41) is 4.43. The first kappa shape index (κ1) is 10.9. The molecule has 0 aromatic carbocycles. The summed E-state index contributed by atoms with van der Waals surface area (Å²) in [5.74, 6) is 0. The predicted molar refractivity (Wildman–Crippen MR) is 61.5 cm³/mol. The van der Waals surface area contributed by atoms with Crippen LogP contribution in [-0.4, -0.2) is 26.9 Å². The Morgan fingerprint density at radius 1 is 1.53 bits per heavy atom. The summed E-state index contributed by atoms with van der Waals surface area (Å²) in [7, 11) is 1.70.